The molecule has 1 aliphatic rings. The van der Waals surface area contributed by atoms with Gasteiger partial charge in [-0.2, -0.15) is 0 Å². The first-order valence-electron chi connectivity index (χ1n) is 6.00. The molecule has 0 spiro atoms. The molecular weight excluding hydrogens is 182 g/mol. The summed E-state index contributed by atoms with van der Waals surface area (Å²) in [7, 11) is 0. The largest absolute Gasteiger partial charge is 0.307 e. The Morgan fingerprint density at radius 3 is 2.33 bits per heavy atom. The molecule has 1 heterocycles. The molecule has 0 aliphatic carbocycles. The first-order chi connectivity index (χ1) is 7.15. The Bertz CT molecular complexity index is 307. The summed E-state index contributed by atoms with van der Waals surface area (Å²) in [5, 5.41) is 3.52. The number of hydrogen-bond acceptors (Lipinski definition) is 1. The molecule has 2 unspecified atom stereocenters. The van der Waals surface area contributed by atoms with Gasteiger partial charge in [0, 0.05) is 12.1 Å². The Kier molecular flexibility index (Phi) is 3.11. The Balaban J connectivity index is 1.98. The molecule has 1 aromatic carbocycles. The molecule has 1 saturated heterocycles. The third-order valence-electron chi connectivity index (χ3n) is 3.10. The Hall–Kier alpha value is -0.820. The van der Waals surface area contributed by atoms with E-state index in [0.29, 0.717) is 12.1 Å². The van der Waals surface area contributed by atoms with E-state index in [2.05, 4.69) is 50.4 Å². The smallest absolute Gasteiger partial charge is 0.0337 e. The molecule has 0 radical (unpaired) electrons. The lowest BCUT2D eigenvalue weighted by Crippen LogP contribution is -2.43. The third-order valence-corrected chi connectivity index (χ3v) is 3.10. The second kappa shape index (κ2) is 4.36. The molecule has 1 N–H and O–H groups in total. The average Bonchev–Trinajstić information content (AvgIpc) is 2.14. The first kappa shape index (κ1) is 10.7. The molecule has 0 amide bonds. The van der Waals surface area contributed by atoms with Gasteiger partial charge in [0.25, 0.3) is 0 Å². The van der Waals surface area contributed by atoms with Gasteiger partial charge in [0.1, 0.15) is 0 Å². The molecule has 15 heavy (non-hydrogen) atoms. The van der Waals surface area contributed by atoms with E-state index in [1.165, 1.54) is 24.0 Å². The van der Waals surface area contributed by atoms with E-state index in [-0.39, 0.29) is 0 Å². The summed E-state index contributed by atoms with van der Waals surface area (Å²) < 4.78 is 0. The lowest BCUT2D eigenvalue weighted by atomic mass is 9.91. The quantitative estimate of drug-likeness (QED) is 0.794. The van der Waals surface area contributed by atoms with Gasteiger partial charge in [-0.3, -0.25) is 0 Å². The van der Waals surface area contributed by atoms with Crippen LogP contribution >= 0.6 is 0 Å². The highest BCUT2D eigenvalue weighted by Gasteiger charge is 2.25. The van der Waals surface area contributed by atoms with Crippen molar-refractivity contribution in [3.8, 4) is 0 Å². The molecule has 2 rings (SSSR count). The highest BCUT2D eigenvalue weighted by Crippen LogP contribution is 2.27. The van der Waals surface area contributed by atoms with Gasteiger partial charge in [0.2, 0.25) is 0 Å². The van der Waals surface area contributed by atoms with E-state index in [9.17, 15) is 0 Å². The van der Waals surface area contributed by atoms with Gasteiger partial charge in [-0.1, -0.05) is 38.1 Å². The number of hydrogen-bond donors (Lipinski definition) is 1. The molecule has 0 aromatic heterocycles. The third kappa shape index (κ3) is 2.60. The number of rotatable bonds is 3. The minimum absolute atomic E-state index is 0.605. The van der Waals surface area contributed by atoms with E-state index < -0.39 is 0 Å². The maximum absolute atomic E-state index is 3.52. The zero-order valence-electron chi connectivity index (χ0n) is 9.96. The van der Waals surface area contributed by atoms with Crippen molar-refractivity contribution in [1.29, 1.82) is 0 Å². The fourth-order valence-corrected chi connectivity index (χ4v) is 2.26. The lowest BCUT2D eigenvalue weighted by molar-refractivity contribution is 0.288. The van der Waals surface area contributed by atoms with Crippen LogP contribution in [0.4, 0.5) is 0 Å². The van der Waals surface area contributed by atoms with Gasteiger partial charge in [0.05, 0.1) is 0 Å². The van der Waals surface area contributed by atoms with Crippen molar-refractivity contribution in [3.05, 3.63) is 35.4 Å². The number of benzene rings is 1. The molecule has 0 saturated carbocycles. The fraction of sp³-hybridized carbons (Fsp3) is 0.571. The van der Waals surface area contributed by atoms with Crippen LogP contribution in [0.15, 0.2) is 24.3 Å². The molecule has 1 fully saturated rings. The molecular formula is C14H21N. The van der Waals surface area contributed by atoms with Gasteiger partial charge in [-0.15, -0.1) is 0 Å². The van der Waals surface area contributed by atoms with Crippen molar-refractivity contribution in [1.82, 2.24) is 5.32 Å². The van der Waals surface area contributed by atoms with Crippen molar-refractivity contribution >= 4 is 0 Å². The second-order valence-corrected chi connectivity index (χ2v) is 5.20. The summed E-state index contributed by atoms with van der Waals surface area (Å²) in [4.78, 5) is 0. The van der Waals surface area contributed by atoms with Gasteiger partial charge < -0.3 is 5.32 Å². The van der Waals surface area contributed by atoms with Crippen LogP contribution in [0.25, 0.3) is 0 Å². The summed E-state index contributed by atoms with van der Waals surface area (Å²) in [5.41, 5.74) is 2.90. The molecule has 82 valence electrons. The fourth-order valence-electron chi connectivity index (χ4n) is 2.26. The normalized spacial score (nSPS) is 25.3. The van der Waals surface area contributed by atoms with Gasteiger partial charge in [-0.05, 0) is 36.8 Å². The predicted octanol–water partition coefficient (Wildman–Crippen LogP) is 3.31. The molecule has 0 bridgehead atoms. The molecule has 1 aliphatic heterocycles. The molecule has 1 aromatic rings. The Morgan fingerprint density at radius 2 is 1.87 bits per heavy atom. The summed E-state index contributed by atoms with van der Waals surface area (Å²) in [5.74, 6) is 0.748. The van der Waals surface area contributed by atoms with Crippen LogP contribution in [-0.4, -0.2) is 6.04 Å². The maximum Gasteiger partial charge on any atom is 0.0337 e. The lowest BCUT2D eigenvalue weighted by Gasteiger charge is -2.35. The molecule has 1 nitrogen and oxygen atoms in total. The summed E-state index contributed by atoms with van der Waals surface area (Å²) in [6.45, 7) is 6.77. The summed E-state index contributed by atoms with van der Waals surface area (Å²) in [6, 6.07) is 10.4. The first-order valence-corrected chi connectivity index (χ1v) is 6.00. The van der Waals surface area contributed by atoms with E-state index in [1.807, 2.05) is 0 Å². The Morgan fingerprint density at radius 1 is 1.27 bits per heavy atom. The zero-order valence-corrected chi connectivity index (χ0v) is 9.96. The highest BCUT2D eigenvalue weighted by molar-refractivity contribution is 5.27. The predicted molar refractivity (Wildman–Crippen MR) is 64.9 cm³/mol. The van der Waals surface area contributed by atoms with Crippen LogP contribution in [0, 0.1) is 5.92 Å². The average molecular weight is 203 g/mol. The maximum atomic E-state index is 3.52. The van der Waals surface area contributed by atoms with Crippen LogP contribution in [0.2, 0.25) is 0 Å². The van der Waals surface area contributed by atoms with Crippen molar-refractivity contribution < 1.29 is 0 Å². The minimum atomic E-state index is 0.605. The van der Waals surface area contributed by atoms with Crippen LogP contribution in [-0.2, 0) is 6.42 Å². The molecule has 2 atom stereocenters. The van der Waals surface area contributed by atoms with Crippen molar-refractivity contribution in [2.45, 2.75) is 45.7 Å². The second-order valence-electron chi connectivity index (χ2n) is 5.20. The standard InChI is InChI=1S/C14H21N/c1-10(2)8-12-4-6-13(7-5-12)14-9-11(3)15-14/h4-7,10-11,14-15H,8-9H2,1-3H3. The van der Waals surface area contributed by atoms with E-state index in [0.717, 1.165) is 5.92 Å². The van der Waals surface area contributed by atoms with Gasteiger partial charge in [0.15, 0.2) is 0 Å². The van der Waals surface area contributed by atoms with E-state index >= 15 is 0 Å². The minimum Gasteiger partial charge on any atom is -0.307 e. The van der Waals surface area contributed by atoms with Crippen molar-refractivity contribution in [3.63, 3.8) is 0 Å². The van der Waals surface area contributed by atoms with Crippen molar-refractivity contribution in [2.24, 2.45) is 5.92 Å². The van der Waals surface area contributed by atoms with Crippen LogP contribution in [0.1, 0.15) is 44.4 Å². The Labute approximate surface area is 92.9 Å². The number of nitrogens with one attached hydrogen (secondary N) is 1. The van der Waals surface area contributed by atoms with Crippen LogP contribution < -0.4 is 5.32 Å². The summed E-state index contributed by atoms with van der Waals surface area (Å²) in [6.07, 6.45) is 2.47. The van der Waals surface area contributed by atoms with Crippen LogP contribution in [0.3, 0.4) is 0 Å². The molecule has 1 heteroatoms. The monoisotopic (exact) mass is 203 g/mol. The topological polar surface area (TPSA) is 12.0 Å². The van der Waals surface area contributed by atoms with E-state index in [1.54, 1.807) is 0 Å². The van der Waals surface area contributed by atoms with Crippen LogP contribution in [0.5, 0.6) is 0 Å². The highest BCUT2D eigenvalue weighted by atomic mass is 15.0. The SMILES string of the molecule is CC(C)Cc1ccc(C2CC(C)N2)cc1. The van der Waals surface area contributed by atoms with Gasteiger partial charge in [-0.25, -0.2) is 0 Å². The summed E-state index contributed by atoms with van der Waals surface area (Å²) >= 11 is 0. The zero-order chi connectivity index (χ0) is 10.8. The van der Waals surface area contributed by atoms with Gasteiger partial charge >= 0.3 is 0 Å². The van der Waals surface area contributed by atoms with E-state index in [4.69, 9.17) is 0 Å². The van der Waals surface area contributed by atoms with Crippen molar-refractivity contribution in [2.75, 3.05) is 0 Å².